The van der Waals surface area contributed by atoms with Crippen LogP contribution >= 0.6 is 11.8 Å². The zero-order valence-electron chi connectivity index (χ0n) is 26.9. The number of nitrogens with zero attached hydrogens (tertiary/aromatic N) is 5. The second-order valence-electron chi connectivity index (χ2n) is 11.3. The second kappa shape index (κ2) is 20.2. The predicted molar refractivity (Wildman–Crippen MR) is 176 cm³/mol. The molecule has 0 radical (unpaired) electrons. The molecule has 0 saturated carbocycles. The molecule has 232 valence electrons. The lowest BCUT2D eigenvalue weighted by atomic mass is 10.1. The summed E-state index contributed by atoms with van der Waals surface area (Å²) in [5.74, 6) is 0.706. The Bertz CT molecular complexity index is 1230. The highest BCUT2D eigenvalue weighted by atomic mass is 32.2. The lowest BCUT2D eigenvalue weighted by Gasteiger charge is -2.20. The molecular weight excluding hydrogens is 542 g/mol. The van der Waals surface area contributed by atoms with E-state index in [9.17, 15) is 9.59 Å². The van der Waals surface area contributed by atoms with Gasteiger partial charge in [-0.15, -0.1) is 0 Å². The maximum Gasteiger partial charge on any atom is 0.277 e. The highest BCUT2D eigenvalue weighted by Gasteiger charge is 2.12. The molecule has 2 aromatic heterocycles. The molecule has 7 nitrogen and oxygen atoms in total. The van der Waals surface area contributed by atoms with Crippen LogP contribution in [-0.2, 0) is 30.6 Å². The van der Waals surface area contributed by atoms with Crippen molar-refractivity contribution in [3.05, 3.63) is 75.5 Å². The SMILES string of the molecule is CC(=O)Cn1cc(Cc2cnn(C)c2)c(=O)nc1SCc1ccc(C)cc1.CCCCCCCCN(CCC)CCC. The highest BCUT2D eigenvalue weighted by Crippen LogP contribution is 2.21. The second-order valence-corrected chi connectivity index (χ2v) is 12.2. The molecule has 0 aliphatic rings. The lowest BCUT2D eigenvalue weighted by molar-refractivity contribution is -0.117. The fourth-order valence-electron chi connectivity index (χ4n) is 4.81. The number of unbranched alkanes of at least 4 members (excludes halogenated alkanes) is 5. The number of ketones is 1. The molecule has 0 aliphatic heterocycles. The van der Waals surface area contributed by atoms with Gasteiger partial charge in [0, 0.05) is 37.2 Å². The van der Waals surface area contributed by atoms with E-state index in [1.165, 1.54) is 95.2 Å². The van der Waals surface area contributed by atoms with E-state index in [0.717, 1.165) is 11.1 Å². The number of aromatic nitrogens is 4. The van der Waals surface area contributed by atoms with E-state index in [1.807, 2.05) is 20.2 Å². The van der Waals surface area contributed by atoms with E-state index in [0.29, 0.717) is 22.9 Å². The number of rotatable bonds is 18. The summed E-state index contributed by atoms with van der Waals surface area (Å²) in [4.78, 5) is 31.1. The maximum atomic E-state index is 12.5. The lowest BCUT2D eigenvalue weighted by Crippen LogP contribution is -2.26. The summed E-state index contributed by atoms with van der Waals surface area (Å²) in [6, 6.07) is 8.24. The van der Waals surface area contributed by atoms with Crippen LogP contribution in [-0.4, -0.2) is 49.6 Å². The molecule has 8 heteroatoms. The van der Waals surface area contributed by atoms with Crippen molar-refractivity contribution in [1.29, 1.82) is 0 Å². The maximum absolute atomic E-state index is 12.5. The number of carbonyl (C=O) groups is 1. The summed E-state index contributed by atoms with van der Waals surface area (Å²) in [5.41, 5.74) is 3.59. The number of hydrogen-bond acceptors (Lipinski definition) is 6. The molecule has 0 N–H and O–H groups in total. The Morgan fingerprint density at radius 2 is 1.55 bits per heavy atom. The van der Waals surface area contributed by atoms with E-state index >= 15 is 0 Å². The third kappa shape index (κ3) is 14.0. The first kappa shape index (κ1) is 35.5. The molecule has 0 aliphatic carbocycles. The largest absolute Gasteiger partial charge is 0.320 e. The van der Waals surface area contributed by atoms with Gasteiger partial charge in [0.1, 0.15) is 5.78 Å². The van der Waals surface area contributed by atoms with Gasteiger partial charge in [0.05, 0.1) is 12.7 Å². The smallest absolute Gasteiger partial charge is 0.277 e. The quantitative estimate of drug-likeness (QED) is 0.0878. The summed E-state index contributed by atoms with van der Waals surface area (Å²) in [6.07, 6.45) is 16.9. The average molecular weight is 596 g/mol. The number of Topliss-reactive ketones (excluding diaryl/α,β-unsaturated/α-hetero) is 1. The first-order chi connectivity index (χ1) is 20.2. The molecule has 2 heterocycles. The van der Waals surface area contributed by atoms with Crippen LogP contribution in [0.5, 0.6) is 0 Å². The molecule has 0 atom stereocenters. The number of hydrogen-bond donors (Lipinski definition) is 0. The summed E-state index contributed by atoms with van der Waals surface area (Å²) in [7, 11) is 1.83. The number of thioether (sulfide) groups is 1. The van der Waals surface area contributed by atoms with E-state index in [2.05, 4.69) is 60.0 Å². The van der Waals surface area contributed by atoms with E-state index in [4.69, 9.17) is 0 Å². The molecule has 0 fully saturated rings. The van der Waals surface area contributed by atoms with Crippen LogP contribution in [0.2, 0.25) is 0 Å². The first-order valence-corrected chi connectivity index (χ1v) is 16.7. The van der Waals surface area contributed by atoms with Gasteiger partial charge in [-0.1, -0.05) is 94.5 Å². The molecule has 0 unspecified atom stereocenters. The van der Waals surface area contributed by atoms with Gasteiger partial charge in [0.25, 0.3) is 5.56 Å². The molecule has 0 bridgehead atoms. The number of benzene rings is 1. The number of aryl methyl sites for hydroxylation is 2. The first-order valence-electron chi connectivity index (χ1n) is 15.7. The Morgan fingerprint density at radius 1 is 0.881 bits per heavy atom. The van der Waals surface area contributed by atoms with Crippen molar-refractivity contribution in [2.24, 2.45) is 7.05 Å². The van der Waals surface area contributed by atoms with Crippen LogP contribution in [0.1, 0.15) is 101 Å². The highest BCUT2D eigenvalue weighted by molar-refractivity contribution is 7.98. The van der Waals surface area contributed by atoms with Crippen molar-refractivity contribution in [3.63, 3.8) is 0 Å². The van der Waals surface area contributed by atoms with Crippen LogP contribution in [0.25, 0.3) is 0 Å². The van der Waals surface area contributed by atoms with Gasteiger partial charge in [0.2, 0.25) is 0 Å². The molecule has 0 amide bonds. The van der Waals surface area contributed by atoms with Crippen LogP contribution in [0.15, 0.2) is 52.8 Å². The minimum Gasteiger partial charge on any atom is -0.320 e. The Balaban J connectivity index is 0.000000351. The van der Waals surface area contributed by atoms with Crippen molar-refractivity contribution in [3.8, 4) is 0 Å². The van der Waals surface area contributed by atoms with Gasteiger partial charge in [-0.2, -0.15) is 10.1 Å². The minimum absolute atomic E-state index is 0.0185. The monoisotopic (exact) mass is 595 g/mol. The van der Waals surface area contributed by atoms with Crippen LogP contribution in [0.3, 0.4) is 0 Å². The van der Waals surface area contributed by atoms with Crippen LogP contribution in [0.4, 0.5) is 0 Å². The summed E-state index contributed by atoms with van der Waals surface area (Å²) in [6.45, 7) is 14.5. The van der Waals surface area contributed by atoms with Gasteiger partial charge in [-0.25, -0.2) is 0 Å². The zero-order chi connectivity index (χ0) is 30.7. The molecular formula is C34H53N5O2S. The van der Waals surface area contributed by atoms with Crippen molar-refractivity contribution >= 4 is 17.5 Å². The Labute approximate surface area is 258 Å². The van der Waals surface area contributed by atoms with Crippen molar-refractivity contribution in [2.75, 3.05) is 19.6 Å². The van der Waals surface area contributed by atoms with Gasteiger partial charge in [-0.05, 0) is 63.9 Å². The number of carbonyl (C=O) groups excluding carboxylic acids is 1. The van der Waals surface area contributed by atoms with Crippen molar-refractivity contribution < 1.29 is 4.79 Å². The third-order valence-corrected chi connectivity index (χ3v) is 8.03. The van der Waals surface area contributed by atoms with Crippen molar-refractivity contribution in [1.82, 2.24) is 24.2 Å². The molecule has 0 saturated heterocycles. The van der Waals surface area contributed by atoms with Gasteiger partial charge < -0.3 is 9.47 Å². The molecule has 42 heavy (non-hydrogen) atoms. The Morgan fingerprint density at radius 3 is 2.14 bits per heavy atom. The molecule has 3 rings (SSSR count). The zero-order valence-corrected chi connectivity index (χ0v) is 27.7. The summed E-state index contributed by atoms with van der Waals surface area (Å²) in [5, 5.41) is 4.69. The summed E-state index contributed by atoms with van der Waals surface area (Å²) < 4.78 is 3.47. The van der Waals surface area contributed by atoms with Gasteiger partial charge >= 0.3 is 0 Å². The molecule has 0 spiro atoms. The van der Waals surface area contributed by atoms with E-state index in [1.54, 1.807) is 21.6 Å². The third-order valence-electron chi connectivity index (χ3n) is 6.97. The fraction of sp³-hybridized carbons (Fsp3) is 0.588. The Kier molecular flexibility index (Phi) is 17.1. The topological polar surface area (TPSA) is 73.0 Å². The van der Waals surface area contributed by atoms with Gasteiger partial charge in [0.15, 0.2) is 5.16 Å². The van der Waals surface area contributed by atoms with E-state index in [-0.39, 0.29) is 17.9 Å². The van der Waals surface area contributed by atoms with Crippen molar-refractivity contribution in [2.45, 2.75) is 110 Å². The van der Waals surface area contributed by atoms with E-state index < -0.39 is 0 Å². The average Bonchev–Trinajstić information content (AvgIpc) is 3.37. The van der Waals surface area contributed by atoms with Crippen LogP contribution in [0, 0.1) is 6.92 Å². The summed E-state index contributed by atoms with van der Waals surface area (Å²) >= 11 is 1.46. The Hall–Kier alpha value is -2.71. The van der Waals surface area contributed by atoms with Gasteiger partial charge in [-0.3, -0.25) is 14.3 Å². The standard InChI is InChI=1S/C20H22N4O2S.C14H31N/c1-14-4-6-16(7-5-14)13-27-20-22-19(26)18(12-24(20)10-15(2)25)8-17-9-21-23(3)11-17;1-4-7-8-9-10-11-14-15(12-5-2)13-6-3/h4-7,9,11-12H,8,10,13H2,1-3H3;4-14H2,1-3H3. The molecule has 3 aromatic rings. The normalized spacial score (nSPS) is 11.0. The predicted octanol–water partition coefficient (Wildman–Crippen LogP) is 7.23. The molecule has 1 aromatic carbocycles. The van der Waals surface area contributed by atoms with Crippen LogP contribution < -0.4 is 5.56 Å². The fourth-order valence-corrected chi connectivity index (χ4v) is 5.73. The minimum atomic E-state index is -0.259.